The van der Waals surface area contributed by atoms with Crippen LogP contribution in [-0.4, -0.2) is 15.4 Å². The van der Waals surface area contributed by atoms with E-state index < -0.39 is 11.2 Å². The van der Waals surface area contributed by atoms with Crippen molar-refractivity contribution >= 4 is 11.2 Å². The first-order valence-electron chi connectivity index (χ1n) is 6.09. The van der Waals surface area contributed by atoms with Crippen molar-refractivity contribution in [3.8, 4) is 11.5 Å². The molecule has 0 amide bonds. The van der Waals surface area contributed by atoms with Crippen molar-refractivity contribution in [2.45, 2.75) is 18.4 Å². The fourth-order valence-electron chi connectivity index (χ4n) is 1.68. The van der Waals surface area contributed by atoms with E-state index in [0.29, 0.717) is 23.0 Å². The third kappa shape index (κ3) is 3.66. The van der Waals surface area contributed by atoms with Crippen LogP contribution in [0.5, 0.6) is 11.5 Å². The second kappa shape index (κ2) is 6.50. The quantitative estimate of drug-likeness (QED) is 0.854. The SMILES string of the molecule is CC[S+]([O-])c1cc(O)ccc1OCc1ccccc1. The molecule has 0 bridgehead atoms. The molecule has 0 spiro atoms. The summed E-state index contributed by atoms with van der Waals surface area (Å²) in [4.78, 5) is 0.540. The third-order valence-corrected chi connectivity index (χ3v) is 4.01. The van der Waals surface area contributed by atoms with E-state index >= 15 is 0 Å². The molecule has 0 aliphatic heterocycles. The predicted octanol–water partition coefficient (Wildman–Crippen LogP) is 3.10. The van der Waals surface area contributed by atoms with Gasteiger partial charge in [-0.1, -0.05) is 30.3 Å². The van der Waals surface area contributed by atoms with Gasteiger partial charge in [-0.05, 0) is 35.8 Å². The van der Waals surface area contributed by atoms with Crippen LogP contribution in [0.25, 0.3) is 0 Å². The van der Waals surface area contributed by atoms with Gasteiger partial charge in [-0.25, -0.2) is 0 Å². The standard InChI is InChI=1S/C15H16O3S/c1-2-19(17)15-10-13(16)8-9-14(15)18-11-12-6-4-3-5-7-12/h3-10,16H,2,11H2,1H3. The van der Waals surface area contributed by atoms with Crippen molar-refractivity contribution in [3.63, 3.8) is 0 Å². The Labute approximate surface area is 116 Å². The molecule has 0 aliphatic rings. The first kappa shape index (κ1) is 13.8. The van der Waals surface area contributed by atoms with Crippen LogP contribution in [0.2, 0.25) is 0 Å². The van der Waals surface area contributed by atoms with E-state index in [2.05, 4.69) is 0 Å². The maximum absolute atomic E-state index is 11.9. The summed E-state index contributed by atoms with van der Waals surface area (Å²) < 4.78 is 17.6. The minimum Gasteiger partial charge on any atom is -0.611 e. The van der Waals surface area contributed by atoms with E-state index in [1.54, 1.807) is 6.07 Å². The van der Waals surface area contributed by atoms with Crippen molar-refractivity contribution in [1.82, 2.24) is 0 Å². The van der Waals surface area contributed by atoms with Gasteiger partial charge in [0.05, 0.1) is 0 Å². The summed E-state index contributed by atoms with van der Waals surface area (Å²) in [5.74, 6) is 1.15. The smallest absolute Gasteiger partial charge is 0.198 e. The zero-order chi connectivity index (χ0) is 13.7. The highest BCUT2D eigenvalue weighted by atomic mass is 32.2. The Hall–Kier alpha value is -1.65. The molecule has 19 heavy (non-hydrogen) atoms. The molecule has 100 valence electrons. The average Bonchev–Trinajstić information content (AvgIpc) is 2.46. The molecular weight excluding hydrogens is 260 g/mol. The molecule has 1 atom stereocenters. The number of benzene rings is 2. The summed E-state index contributed by atoms with van der Waals surface area (Å²) in [7, 11) is 0. The Balaban J connectivity index is 2.15. The Morgan fingerprint density at radius 2 is 1.89 bits per heavy atom. The van der Waals surface area contributed by atoms with Crippen molar-refractivity contribution in [1.29, 1.82) is 0 Å². The number of hydrogen-bond acceptors (Lipinski definition) is 3. The van der Waals surface area contributed by atoms with Crippen LogP contribution >= 0.6 is 0 Å². The molecule has 2 aromatic rings. The third-order valence-electron chi connectivity index (χ3n) is 2.67. The van der Waals surface area contributed by atoms with E-state index in [0.717, 1.165) is 5.56 Å². The molecule has 1 N–H and O–H groups in total. The van der Waals surface area contributed by atoms with E-state index in [1.165, 1.54) is 12.1 Å². The van der Waals surface area contributed by atoms with Crippen molar-refractivity contribution in [2.24, 2.45) is 0 Å². The van der Waals surface area contributed by atoms with Gasteiger partial charge in [0.25, 0.3) is 0 Å². The monoisotopic (exact) mass is 276 g/mol. The highest BCUT2D eigenvalue weighted by Gasteiger charge is 2.16. The van der Waals surface area contributed by atoms with E-state index in [1.807, 2.05) is 37.3 Å². The molecule has 4 heteroatoms. The topological polar surface area (TPSA) is 52.5 Å². The minimum absolute atomic E-state index is 0.101. The lowest BCUT2D eigenvalue weighted by atomic mass is 10.2. The molecule has 0 saturated carbocycles. The summed E-state index contributed by atoms with van der Waals surface area (Å²) in [5.41, 5.74) is 1.05. The normalized spacial score (nSPS) is 12.1. The van der Waals surface area contributed by atoms with E-state index in [-0.39, 0.29) is 5.75 Å². The molecule has 2 rings (SSSR count). The highest BCUT2D eigenvalue weighted by molar-refractivity contribution is 7.91. The molecule has 0 aromatic heterocycles. The molecule has 1 unspecified atom stereocenters. The van der Waals surface area contributed by atoms with Crippen LogP contribution in [0, 0.1) is 0 Å². The first-order valence-corrected chi connectivity index (χ1v) is 7.40. The minimum atomic E-state index is -1.16. The summed E-state index contributed by atoms with van der Waals surface area (Å²) in [6.45, 7) is 2.25. The van der Waals surface area contributed by atoms with Gasteiger partial charge in [0.1, 0.15) is 18.1 Å². The fraction of sp³-hybridized carbons (Fsp3) is 0.200. The number of rotatable bonds is 5. The first-order chi connectivity index (χ1) is 9.20. The van der Waals surface area contributed by atoms with Crippen LogP contribution < -0.4 is 4.74 Å². The molecular formula is C15H16O3S. The van der Waals surface area contributed by atoms with Gasteiger partial charge in [0.15, 0.2) is 10.6 Å². The second-order valence-electron chi connectivity index (χ2n) is 4.04. The van der Waals surface area contributed by atoms with Gasteiger partial charge in [-0.3, -0.25) is 0 Å². The lowest BCUT2D eigenvalue weighted by Gasteiger charge is -2.14. The predicted molar refractivity (Wildman–Crippen MR) is 75.8 cm³/mol. The van der Waals surface area contributed by atoms with Gasteiger partial charge in [-0.15, -0.1) is 0 Å². The van der Waals surface area contributed by atoms with Crippen LogP contribution in [0.3, 0.4) is 0 Å². The largest absolute Gasteiger partial charge is 0.611 e. The molecule has 0 fully saturated rings. The maximum atomic E-state index is 11.9. The lowest BCUT2D eigenvalue weighted by molar-refractivity contribution is 0.297. The molecule has 0 radical (unpaired) electrons. The van der Waals surface area contributed by atoms with Gasteiger partial charge >= 0.3 is 0 Å². The van der Waals surface area contributed by atoms with Crippen LogP contribution in [0.1, 0.15) is 12.5 Å². The zero-order valence-electron chi connectivity index (χ0n) is 10.7. The zero-order valence-corrected chi connectivity index (χ0v) is 11.5. The number of hydrogen-bond donors (Lipinski definition) is 1. The molecule has 0 heterocycles. The van der Waals surface area contributed by atoms with Gasteiger partial charge in [0, 0.05) is 6.07 Å². The lowest BCUT2D eigenvalue weighted by Crippen LogP contribution is -2.07. The number of aromatic hydroxyl groups is 1. The Kier molecular flexibility index (Phi) is 4.71. The number of phenolic OH excluding ortho intramolecular Hbond substituents is 1. The highest BCUT2D eigenvalue weighted by Crippen LogP contribution is 2.29. The molecule has 0 saturated heterocycles. The number of ether oxygens (including phenoxy) is 1. The average molecular weight is 276 g/mol. The van der Waals surface area contributed by atoms with Gasteiger partial charge in [0.2, 0.25) is 0 Å². The molecule has 3 nitrogen and oxygen atoms in total. The van der Waals surface area contributed by atoms with Crippen molar-refractivity contribution in [2.75, 3.05) is 5.75 Å². The Morgan fingerprint density at radius 1 is 1.16 bits per heavy atom. The van der Waals surface area contributed by atoms with Crippen LogP contribution in [0.15, 0.2) is 53.4 Å². The summed E-state index contributed by atoms with van der Waals surface area (Å²) in [6, 6.07) is 14.5. The van der Waals surface area contributed by atoms with Gasteiger partial charge < -0.3 is 14.4 Å². The molecule has 2 aromatic carbocycles. The van der Waals surface area contributed by atoms with Gasteiger partial charge in [-0.2, -0.15) is 0 Å². The van der Waals surface area contributed by atoms with Crippen molar-refractivity contribution in [3.05, 3.63) is 54.1 Å². The van der Waals surface area contributed by atoms with E-state index in [9.17, 15) is 9.66 Å². The summed E-state index contributed by atoms with van der Waals surface area (Å²) in [6.07, 6.45) is 0. The Morgan fingerprint density at radius 3 is 2.58 bits per heavy atom. The molecule has 0 aliphatic carbocycles. The van der Waals surface area contributed by atoms with Crippen LogP contribution in [-0.2, 0) is 17.8 Å². The van der Waals surface area contributed by atoms with E-state index in [4.69, 9.17) is 4.74 Å². The number of phenols is 1. The second-order valence-corrected chi connectivity index (χ2v) is 5.75. The maximum Gasteiger partial charge on any atom is 0.198 e. The van der Waals surface area contributed by atoms with Crippen molar-refractivity contribution < 1.29 is 14.4 Å². The van der Waals surface area contributed by atoms with Crippen LogP contribution in [0.4, 0.5) is 0 Å². The summed E-state index contributed by atoms with van der Waals surface area (Å²) >= 11 is -1.16. The Bertz CT molecular complexity index is 528. The fourth-order valence-corrected chi connectivity index (χ4v) is 2.60. The summed E-state index contributed by atoms with van der Waals surface area (Å²) in [5, 5.41) is 9.48.